The van der Waals surface area contributed by atoms with Gasteiger partial charge in [-0.15, -0.1) is 0 Å². The molecule has 0 saturated carbocycles. The maximum atomic E-state index is 12.2. The van der Waals surface area contributed by atoms with Gasteiger partial charge in [-0.25, -0.2) is 0 Å². The van der Waals surface area contributed by atoms with Gasteiger partial charge in [0.05, 0.1) is 6.04 Å². The minimum absolute atomic E-state index is 0.125. The third kappa shape index (κ3) is 2.87. The second kappa shape index (κ2) is 5.31. The average Bonchev–Trinajstić information content (AvgIpc) is 2.87. The van der Waals surface area contributed by atoms with Crippen LogP contribution in [0, 0.1) is 10.1 Å². The molecule has 2 rings (SSSR count). The van der Waals surface area contributed by atoms with E-state index in [1.807, 2.05) is 0 Å². The highest BCUT2D eigenvalue weighted by Crippen LogP contribution is 2.18. The molecule has 7 heteroatoms. The molecule has 2 aromatic rings. The summed E-state index contributed by atoms with van der Waals surface area (Å²) in [5, 5.41) is 10.6. The van der Waals surface area contributed by atoms with Crippen LogP contribution in [0.15, 0.2) is 41.3 Å². The van der Waals surface area contributed by atoms with Crippen molar-refractivity contribution < 1.29 is 9.72 Å². The van der Waals surface area contributed by atoms with Gasteiger partial charge in [0.2, 0.25) is 6.33 Å². The number of nitro groups is 1. The Morgan fingerprint density at radius 3 is 2.58 bits per heavy atom. The molecule has 0 saturated heterocycles. The first-order valence-corrected chi connectivity index (χ1v) is 6.26. The number of imidazole rings is 1. The predicted molar refractivity (Wildman–Crippen MR) is 72.1 cm³/mol. The number of hydrogen-bond donors (Lipinski definition) is 0. The molecular weight excluding hydrogens is 314 g/mol. The fourth-order valence-electron chi connectivity index (χ4n) is 1.62. The summed E-state index contributed by atoms with van der Waals surface area (Å²) in [5.41, 5.74) is 0.548. The number of rotatable bonds is 4. The Bertz CT molecular complexity index is 621. The van der Waals surface area contributed by atoms with Gasteiger partial charge < -0.3 is 10.1 Å². The topological polar surface area (TPSA) is 78.0 Å². The van der Waals surface area contributed by atoms with Crippen molar-refractivity contribution >= 4 is 27.5 Å². The number of Topliss-reactive ketones (excluding diaryl/α,β-unsaturated/α-hetero) is 1. The Balaban J connectivity index is 2.22. The second-order valence-corrected chi connectivity index (χ2v) is 4.90. The van der Waals surface area contributed by atoms with Crippen molar-refractivity contribution in [2.24, 2.45) is 0 Å². The Morgan fingerprint density at radius 1 is 1.42 bits per heavy atom. The van der Waals surface area contributed by atoms with Crippen molar-refractivity contribution in [3.63, 3.8) is 0 Å². The number of carbonyl (C=O) groups is 1. The molecule has 0 fully saturated rings. The van der Waals surface area contributed by atoms with Crippen molar-refractivity contribution in [3.8, 4) is 0 Å². The molecule has 0 spiro atoms. The number of benzene rings is 1. The third-order valence-electron chi connectivity index (χ3n) is 2.73. The summed E-state index contributed by atoms with van der Waals surface area (Å²) in [6, 6.07) is 6.41. The number of aromatic nitrogens is 2. The lowest BCUT2D eigenvalue weighted by Crippen LogP contribution is -2.15. The highest BCUT2D eigenvalue weighted by molar-refractivity contribution is 9.10. The van der Waals surface area contributed by atoms with Crippen LogP contribution in [-0.4, -0.2) is 20.3 Å². The van der Waals surface area contributed by atoms with Gasteiger partial charge in [0, 0.05) is 10.0 Å². The zero-order chi connectivity index (χ0) is 14.0. The summed E-state index contributed by atoms with van der Waals surface area (Å²) >= 11 is 3.29. The molecule has 0 aliphatic carbocycles. The number of ketones is 1. The van der Waals surface area contributed by atoms with E-state index in [-0.39, 0.29) is 11.6 Å². The first-order chi connectivity index (χ1) is 8.99. The molecule has 1 aromatic carbocycles. The summed E-state index contributed by atoms with van der Waals surface area (Å²) in [4.78, 5) is 25.8. The first-order valence-electron chi connectivity index (χ1n) is 5.46. The lowest BCUT2D eigenvalue weighted by atomic mass is 10.1. The molecule has 0 N–H and O–H groups in total. The minimum atomic E-state index is -0.590. The van der Waals surface area contributed by atoms with Crippen LogP contribution in [0.3, 0.4) is 0 Å². The standard InChI is InChI=1S/C12H10BrN3O3/c1-8(15-6-11(14-7-15)16(18)19)12(17)9-2-4-10(13)5-3-9/h2-8H,1H3. The zero-order valence-electron chi connectivity index (χ0n) is 9.99. The van der Waals surface area contributed by atoms with Crippen LogP contribution in [0.4, 0.5) is 5.82 Å². The van der Waals surface area contributed by atoms with Gasteiger partial charge in [-0.2, -0.15) is 0 Å². The van der Waals surface area contributed by atoms with Crippen LogP contribution in [0.2, 0.25) is 0 Å². The van der Waals surface area contributed by atoms with Gasteiger partial charge in [0.1, 0.15) is 6.20 Å². The van der Waals surface area contributed by atoms with Gasteiger partial charge in [-0.1, -0.05) is 28.1 Å². The van der Waals surface area contributed by atoms with Crippen LogP contribution in [0.25, 0.3) is 0 Å². The van der Waals surface area contributed by atoms with Crippen molar-refractivity contribution in [2.75, 3.05) is 0 Å². The van der Waals surface area contributed by atoms with Crippen molar-refractivity contribution in [2.45, 2.75) is 13.0 Å². The van der Waals surface area contributed by atoms with E-state index in [4.69, 9.17) is 0 Å². The molecule has 0 aliphatic rings. The highest BCUT2D eigenvalue weighted by Gasteiger charge is 2.20. The predicted octanol–water partition coefficient (Wildman–Crippen LogP) is 3.00. The lowest BCUT2D eigenvalue weighted by Gasteiger charge is -2.10. The average molecular weight is 324 g/mol. The third-order valence-corrected chi connectivity index (χ3v) is 3.26. The van der Waals surface area contributed by atoms with Crippen LogP contribution >= 0.6 is 15.9 Å². The molecule has 0 aliphatic heterocycles. The van der Waals surface area contributed by atoms with Gasteiger partial charge >= 0.3 is 5.82 Å². The molecule has 1 heterocycles. The van der Waals surface area contributed by atoms with Crippen molar-refractivity contribution in [1.29, 1.82) is 0 Å². The molecule has 0 radical (unpaired) electrons. The number of carbonyl (C=O) groups excluding carboxylic acids is 1. The van der Waals surface area contributed by atoms with E-state index in [9.17, 15) is 14.9 Å². The summed E-state index contributed by atoms with van der Waals surface area (Å²) < 4.78 is 2.32. The maximum Gasteiger partial charge on any atom is 0.381 e. The molecular formula is C12H10BrN3O3. The summed E-state index contributed by atoms with van der Waals surface area (Å²) in [7, 11) is 0. The van der Waals surface area contributed by atoms with E-state index in [0.717, 1.165) is 4.47 Å². The lowest BCUT2D eigenvalue weighted by molar-refractivity contribution is -0.389. The number of hydrogen-bond acceptors (Lipinski definition) is 4. The van der Waals surface area contributed by atoms with Crippen molar-refractivity contribution in [3.05, 3.63) is 56.9 Å². The Morgan fingerprint density at radius 2 is 2.05 bits per heavy atom. The second-order valence-electron chi connectivity index (χ2n) is 3.98. The van der Waals surface area contributed by atoms with Crippen LogP contribution in [0.1, 0.15) is 23.3 Å². The fourth-order valence-corrected chi connectivity index (χ4v) is 1.89. The molecule has 19 heavy (non-hydrogen) atoms. The summed E-state index contributed by atoms with van der Waals surface area (Å²) in [6.07, 6.45) is 2.54. The molecule has 6 nitrogen and oxygen atoms in total. The fraction of sp³-hybridized carbons (Fsp3) is 0.167. The molecule has 1 atom stereocenters. The molecule has 1 aromatic heterocycles. The van der Waals surface area contributed by atoms with Gasteiger partial charge in [0.25, 0.3) is 0 Å². The quantitative estimate of drug-likeness (QED) is 0.492. The first kappa shape index (κ1) is 13.4. The Labute approximate surface area is 117 Å². The molecule has 98 valence electrons. The van der Waals surface area contributed by atoms with Crippen LogP contribution < -0.4 is 0 Å². The normalized spacial score (nSPS) is 12.1. The molecule has 0 amide bonds. The highest BCUT2D eigenvalue weighted by atomic mass is 79.9. The van der Waals surface area contributed by atoms with E-state index in [1.165, 1.54) is 17.1 Å². The minimum Gasteiger partial charge on any atom is -0.358 e. The molecule has 0 bridgehead atoms. The van der Waals surface area contributed by atoms with E-state index >= 15 is 0 Å². The Hall–Kier alpha value is -2.02. The van der Waals surface area contributed by atoms with E-state index in [2.05, 4.69) is 20.9 Å². The monoisotopic (exact) mass is 323 g/mol. The zero-order valence-corrected chi connectivity index (χ0v) is 11.6. The van der Waals surface area contributed by atoms with Gasteiger partial charge in [0.15, 0.2) is 5.78 Å². The number of nitrogens with zero attached hydrogens (tertiary/aromatic N) is 3. The maximum absolute atomic E-state index is 12.2. The van der Waals surface area contributed by atoms with E-state index < -0.39 is 11.0 Å². The number of halogens is 1. The van der Waals surface area contributed by atoms with Gasteiger partial charge in [-0.05, 0) is 29.0 Å². The van der Waals surface area contributed by atoms with Gasteiger partial charge in [-0.3, -0.25) is 9.36 Å². The van der Waals surface area contributed by atoms with E-state index in [1.54, 1.807) is 31.2 Å². The molecule has 1 unspecified atom stereocenters. The largest absolute Gasteiger partial charge is 0.381 e. The van der Waals surface area contributed by atoms with E-state index in [0.29, 0.717) is 5.56 Å². The van der Waals surface area contributed by atoms with Crippen LogP contribution in [0.5, 0.6) is 0 Å². The SMILES string of the molecule is CC(C(=O)c1ccc(Br)cc1)n1cnc([N+](=O)[O-])c1. The summed E-state index contributed by atoms with van der Waals surface area (Å²) in [6.45, 7) is 1.68. The smallest absolute Gasteiger partial charge is 0.358 e. The Kier molecular flexibility index (Phi) is 3.75. The summed E-state index contributed by atoms with van der Waals surface area (Å²) in [5.74, 6) is -0.393. The van der Waals surface area contributed by atoms with Crippen LogP contribution in [-0.2, 0) is 0 Å². The van der Waals surface area contributed by atoms with Crippen molar-refractivity contribution in [1.82, 2.24) is 9.55 Å².